The maximum absolute atomic E-state index is 13.3. The van der Waals surface area contributed by atoms with E-state index in [1.807, 2.05) is 0 Å². The van der Waals surface area contributed by atoms with E-state index in [9.17, 15) is 13.6 Å². The smallest absolute Gasteiger partial charge is 0.244 e. The minimum atomic E-state index is -0.667. The van der Waals surface area contributed by atoms with Crippen molar-refractivity contribution < 1.29 is 13.6 Å². The normalized spacial score (nSPS) is 16.3. The molecular formula is C14H15F2NO. The number of carbonyl (C=O) groups excluding carboxylic acids is 1. The molecule has 0 radical (unpaired) electrons. The molecule has 0 aliphatic heterocycles. The van der Waals surface area contributed by atoms with Crippen LogP contribution in [0, 0.1) is 11.6 Å². The van der Waals surface area contributed by atoms with E-state index in [0.29, 0.717) is 0 Å². The quantitative estimate of drug-likeness (QED) is 0.822. The molecule has 96 valence electrons. The van der Waals surface area contributed by atoms with Gasteiger partial charge in [-0.3, -0.25) is 4.79 Å². The van der Waals surface area contributed by atoms with Gasteiger partial charge >= 0.3 is 0 Å². The zero-order valence-electron chi connectivity index (χ0n) is 9.96. The van der Waals surface area contributed by atoms with Crippen LogP contribution in [0.25, 0.3) is 6.08 Å². The highest BCUT2D eigenvalue weighted by molar-refractivity contribution is 5.91. The average Bonchev–Trinajstić information content (AvgIpc) is 2.81. The number of rotatable bonds is 3. The summed E-state index contributed by atoms with van der Waals surface area (Å²) in [6.45, 7) is 0. The molecule has 1 aliphatic carbocycles. The van der Waals surface area contributed by atoms with Gasteiger partial charge in [0.2, 0.25) is 5.91 Å². The number of hydrogen-bond donors (Lipinski definition) is 1. The molecule has 0 atom stereocenters. The predicted octanol–water partition coefficient (Wildman–Crippen LogP) is 3.04. The fourth-order valence-corrected chi connectivity index (χ4v) is 2.15. The summed E-state index contributed by atoms with van der Waals surface area (Å²) < 4.78 is 26.6. The summed E-state index contributed by atoms with van der Waals surface area (Å²) in [5.74, 6) is -1.63. The van der Waals surface area contributed by atoms with E-state index < -0.39 is 11.6 Å². The third-order valence-electron chi connectivity index (χ3n) is 3.10. The highest BCUT2D eigenvalue weighted by Crippen LogP contribution is 2.18. The SMILES string of the molecule is O=C(C=Cc1c(F)cccc1F)NC1CCCC1. The van der Waals surface area contributed by atoms with E-state index >= 15 is 0 Å². The molecule has 0 heterocycles. The zero-order chi connectivity index (χ0) is 13.0. The van der Waals surface area contributed by atoms with Crippen molar-refractivity contribution in [3.63, 3.8) is 0 Å². The Morgan fingerprint density at radius 1 is 1.22 bits per heavy atom. The first-order valence-electron chi connectivity index (χ1n) is 6.09. The van der Waals surface area contributed by atoms with E-state index in [2.05, 4.69) is 5.32 Å². The Labute approximate surface area is 105 Å². The Hall–Kier alpha value is -1.71. The summed E-state index contributed by atoms with van der Waals surface area (Å²) in [5, 5.41) is 2.82. The Kier molecular flexibility index (Phi) is 4.07. The Balaban J connectivity index is 1.99. The van der Waals surface area contributed by atoms with Gasteiger partial charge in [-0.25, -0.2) is 8.78 Å². The van der Waals surface area contributed by atoms with Crippen LogP contribution in [0.3, 0.4) is 0 Å². The van der Waals surface area contributed by atoms with E-state index in [1.165, 1.54) is 18.2 Å². The van der Waals surface area contributed by atoms with Crippen molar-refractivity contribution in [2.75, 3.05) is 0 Å². The van der Waals surface area contributed by atoms with E-state index in [4.69, 9.17) is 0 Å². The summed E-state index contributed by atoms with van der Waals surface area (Å²) >= 11 is 0. The van der Waals surface area contributed by atoms with E-state index in [-0.39, 0.29) is 17.5 Å². The number of halogens is 2. The Bertz CT molecular complexity index is 445. The molecule has 1 fully saturated rings. The number of benzene rings is 1. The summed E-state index contributed by atoms with van der Waals surface area (Å²) in [6, 6.07) is 3.82. The molecule has 0 aromatic heterocycles. The second-order valence-corrected chi connectivity index (χ2v) is 4.46. The highest BCUT2D eigenvalue weighted by Gasteiger charge is 2.15. The number of amides is 1. The first kappa shape index (κ1) is 12.7. The minimum absolute atomic E-state index is 0.181. The van der Waals surface area contributed by atoms with Crippen molar-refractivity contribution >= 4 is 12.0 Å². The molecule has 4 heteroatoms. The van der Waals surface area contributed by atoms with Crippen LogP contribution >= 0.6 is 0 Å². The van der Waals surface area contributed by atoms with Crippen molar-refractivity contribution in [3.8, 4) is 0 Å². The fraction of sp³-hybridized carbons (Fsp3) is 0.357. The number of hydrogen-bond acceptors (Lipinski definition) is 1. The molecule has 0 unspecified atom stereocenters. The first-order chi connectivity index (χ1) is 8.66. The van der Waals surface area contributed by atoms with Gasteiger partial charge in [0.25, 0.3) is 0 Å². The molecule has 2 nitrogen and oxygen atoms in total. The van der Waals surface area contributed by atoms with Gasteiger partial charge in [0.1, 0.15) is 11.6 Å². The first-order valence-corrected chi connectivity index (χ1v) is 6.09. The lowest BCUT2D eigenvalue weighted by molar-refractivity contribution is -0.117. The second kappa shape index (κ2) is 5.76. The van der Waals surface area contributed by atoms with Gasteiger partial charge < -0.3 is 5.32 Å². The van der Waals surface area contributed by atoms with Crippen LogP contribution in [0.15, 0.2) is 24.3 Å². The van der Waals surface area contributed by atoms with Crippen molar-refractivity contribution in [1.82, 2.24) is 5.32 Å². The van der Waals surface area contributed by atoms with Crippen molar-refractivity contribution in [2.45, 2.75) is 31.7 Å². The number of carbonyl (C=O) groups is 1. The second-order valence-electron chi connectivity index (χ2n) is 4.46. The van der Waals surface area contributed by atoms with Crippen LogP contribution in [0.2, 0.25) is 0 Å². The maximum atomic E-state index is 13.3. The molecule has 1 saturated carbocycles. The van der Waals surface area contributed by atoms with Gasteiger partial charge in [-0.15, -0.1) is 0 Å². The standard InChI is InChI=1S/C14H15F2NO/c15-12-6-3-7-13(16)11(12)8-9-14(18)17-10-4-1-2-5-10/h3,6-10H,1-2,4-5H2,(H,17,18). The molecule has 2 rings (SSSR count). The third kappa shape index (κ3) is 3.15. The van der Waals surface area contributed by atoms with Crippen LogP contribution in [-0.4, -0.2) is 11.9 Å². The van der Waals surface area contributed by atoms with Gasteiger partial charge in [-0.2, -0.15) is 0 Å². The van der Waals surface area contributed by atoms with Crippen LogP contribution in [-0.2, 0) is 4.79 Å². The highest BCUT2D eigenvalue weighted by atomic mass is 19.1. The topological polar surface area (TPSA) is 29.1 Å². The lowest BCUT2D eigenvalue weighted by Crippen LogP contribution is -2.30. The van der Waals surface area contributed by atoms with E-state index in [1.54, 1.807) is 0 Å². The van der Waals surface area contributed by atoms with Crippen LogP contribution in [0.5, 0.6) is 0 Å². The number of nitrogens with one attached hydrogen (secondary N) is 1. The van der Waals surface area contributed by atoms with Crippen LogP contribution in [0.4, 0.5) is 8.78 Å². The van der Waals surface area contributed by atoms with Gasteiger partial charge in [0.15, 0.2) is 0 Å². The van der Waals surface area contributed by atoms with Gasteiger partial charge in [0, 0.05) is 17.7 Å². The Morgan fingerprint density at radius 2 is 1.83 bits per heavy atom. The van der Waals surface area contributed by atoms with Crippen molar-refractivity contribution in [1.29, 1.82) is 0 Å². The largest absolute Gasteiger partial charge is 0.350 e. The van der Waals surface area contributed by atoms with E-state index in [0.717, 1.165) is 37.8 Å². The summed E-state index contributed by atoms with van der Waals surface area (Å²) in [7, 11) is 0. The van der Waals surface area contributed by atoms with Gasteiger partial charge in [-0.1, -0.05) is 18.9 Å². The summed E-state index contributed by atoms with van der Waals surface area (Å²) in [4.78, 5) is 11.6. The molecule has 1 aromatic carbocycles. The lowest BCUT2D eigenvalue weighted by Gasteiger charge is -2.09. The van der Waals surface area contributed by atoms with Crippen molar-refractivity contribution in [3.05, 3.63) is 41.5 Å². The third-order valence-corrected chi connectivity index (χ3v) is 3.10. The van der Waals surface area contributed by atoms with Crippen molar-refractivity contribution in [2.24, 2.45) is 0 Å². The molecular weight excluding hydrogens is 236 g/mol. The minimum Gasteiger partial charge on any atom is -0.350 e. The molecule has 0 saturated heterocycles. The van der Waals surface area contributed by atoms with Crippen LogP contribution in [0.1, 0.15) is 31.2 Å². The fourth-order valence-electron chi connectivity index (χ4n) is 2.15. The molecule has 18 heavy (non-hydrogen) atoms. The predicted molar refractivity (Wildman–Crippen MR) is 65.8 cm³/mol. The summed E-state index contributed by atoms with van der Waals surface area (Å²) in [5.41, 5.74) is -0.181. The average molecular weight is 251 g/mol. The monoisotopic (exact) mass is 251 g/mol. The Morgan fingerprint density at radius 3 is 2.44 bits per heavy atom. The molecule has 1 aliphatic rings. The maximum Gasteiger partial charge on any atom is 0.244 e. The lowest BCUT2D eigenvalue weighted by atomic mass is 10.2. The van der Waals surface area contributed by atoms with Gasteiger partial charge in [0.05, 0.1) is 0 Å². The molecule has 1 amide bonds. The molecule has 1 aromatic rings. The molecule has 0 spiro atoms. The molecule has 0 bridgehead atoms. The zero-order valence-corrected chi connectivity index (χ0v) is 9.96. The van der Waals surface area contributed by atoms with Gasteiger partial charge in [-0.05, 0) is 31.1 Å². The summed E-state index contributed by atoms with van der Waals surface area (Å²) in [6.07, 6.45) is 6.56. The molecule has 1 N–H and O–H groups in total. The van der Waals surface area contributed by atoms with Crippen LogP contribution < -0.4 is 5.32 Å².